The van der Waals surface area contributed by atoms with Crippen LogP contribution in [-0.4, -0.2) is 8.75 Å². The van der Waals surface area contributed by atoms with Crippen molar-refractivity contribution in [3.63, 3.8) is 0 Å². The fraction of sp³-hybridized carbons (Fsp3) is 0.375. The predicted molar refractivity (Wildman–Crippen MR) is 188 cm³/mol. The lowest BCUT2D eigenvalue weighted by atomic mass is 10.0. The molecule has 0 N–H and O–H groups in total. The second kappa shape index (κ2) is 14.8. The van der Waals surface area contributed by atoms with Crippen molar-refractivity contribution in [3.05, 3.63) is 64.9 Å². The van der Waals surface area contributed by atoms with Gasteiger partial charge in [-0.1, -0.05) is 70.6 Å². The lowest BCUT2D eigenvalue weighted by Crippen LogP contribution is -1.86. The maximum absolute atomic E-state index is 4.81. The first-order valence-electron chi connectivity index (χ1n) is 14.2. The summed E-state index contributed by atoms with van der Waals surface area (Å²) in [5.41, 5.74) is 8.56. The number of thiophene rings is 3. The van der Waals surface area contributed by atoms with Crippen LogP contribution in [0.25, 0.3) is 44.1 Å². The van der Waals surface area contributed by atoms with Gasteiger partial charge in [-0.25, -0.2) is 0 Å². The highest BCUT2D eigenvalue weighted by Gasteiger charge is 2.17. The van der Waals surface area contributed by atoms with Crippen molar-refractivity contribution in [2.75, 3.05) is 0 Å². The molecule has 0 saturated heterocycles. The molecule has 0 unspecified atom stereocenters. The van der Waals surface area contributed by atoms with Gasteiger partial charge in [0.15, 0.2) is 0 Å². The third-order valence-corrected chi connectivity index (χ3v) is 12.3. The smallest absolute Gasteiger partial charge is 0.114 e. The summed E-state index contributed by atoms with van der Waals surface area (Å²) in [6, 6.07) is 11.5. The lowest BCUT2D eigenvalue weighted by Gasteiger charge is -2.03. The van der Waals surface area contributed by atoms with E-state index in [9.17, 15) is 0 Å². The predicted octanol–water partition coefficient (Wildman–Crippen LogP) is 13.2. The molecule has 0 bridgehead atoms. The average Bonchev–Trinajstić information content (AvgIpc) is 3.75. The number of fused-ring (bicyclic) bond motifs is 1. The molecule has 0 saturated carbocycles. The van der Waals surface area contributed by atoms with E-state index in [0.29, 0.717) is 0 Å². The van der Waals surface area contributed by atoms with Crippen LogP contribution in [0.3, 0.4) is 0 Å². The number of nitrogens with zero attached hydrogens (tertiary/aromatic N) is 2. The van der Waals surface area contributed by atoms with E-state index >= 15 is 0 Å². The monoisotopic (exact) mass is 732 g/mol. The van der Waals surface area contributed by atoms with Gasteiger partial charge in [-0.15, -0.1) is 34.0 Å². The molecule has 0 aliphatic carbocycles. The lowest BCUT2D eigenvalue weighted by molar-refractivity contribution is 0.667. The number of hydrogen-bond acceptors (Lipinski definition) is 6. The maximum Gasteiger partial charge on any atom is 0.114 e. The zero-order valence-electron chi connectivity index (χ0n) is 23.0. The van der Waals surface area contributed by atoms with Crippen LogP contribution in [0.5, 0.6) is 0 Å². The molecule has 0 aliphatic heterocycles. The van der Waals surface area contributed by atoms with Crippen molar-refractivity contribution in [3.8, 4) is 20.9 Å². The van der Waals surface area contributed by atoms with Crippen molar-refractivity contribution in [2.24, 2.45) is 0 Å². The van der Waals surface area contributed by atoms with Crippen molar-refractivity contribution in [1.29, 1.82) is 0 Å². The molecule has 4 heterocycles. The molecule has 8 heteroatoms. The third kappa shape index (κ3) is 7.42. The Morgan fingerprint density at radius 1 is 0.750 bits per heavy atom. The summed E-state index contributed by atoms with van der Waals surface area (Å²) < 4.78 is 11.9. The molecular weight excluding hydrogens is 700 g/mol. The summed E-state index contributed by atoms with van der Waals surface area (Å²) in [7, 11) is 0. The van der Waals surface area contributed by atoms with E-state index in [2.05, 4.69) is 93.6 Å². The first-order chi connectivity index (χ1) is 19.6. The number of hydrogen-bond donors (Lipinski definition) is 0. The van der Waals surface area contributed by atoms with E-state index in [1.807, 2.05) is 22.7 Å². The molecule has 0 spiro atoms. The van der Waals surface area contributed by atoms with Crippen molar-refractivity contribution >= 4 is 101 Å². The standard InChI is InChI=1S/C32H34Br2N2S4/c1-3-5-7-9-11-21-17-27(37-20-21)24-14-15-25(31-30(24)35-40-36-31)28-18-22(12-10-8-6-4-2)26(38-28)16-13-23-19-29(33)39-32(23)34/h13-20H,3-12H2,1-2H3/b16-13+. The Hall–Kier alpha value is -1.16. The molecular formula is C32H34Br2N2S4. The minimum absolute atomic E-state index is 1.03. The molecule has 0 fully saturated rings. The van der Waals surface area contributed by atoms with Gasteiger partial charge < -0.3 is 0 Å². The van der Waals surface area contributed by atoms with E-state index in [0.717, 1.165) is 25.0 Å². The summed E-state index contributed by atoms with van der Waals surface area (Å²) in [5.74, 6) is 0. The minimum Gasteiger partial charge on any atom is -0.172 e. The first kappa shape index (κ1) is 30.3. The first-order valence-corrected chi connectivity index (χ1v) is 19.0. The molecule has 5 aromatic rings. The highest BCUT2D eigenvalue weighted by atomic mass is 79.9. The van der Waals surface area contributed by atoms with Gasteiger partial charge >= 0.3 is 0 Å². The summed E-state index contributed by atoms with van der Waals surface area (Å²) in [6.07, 6.45) is 17.1. The van der Waals surface area contributed by atoms with E-state index in [1.54, 1.807) is 11.3 Å². The molecule has 1 aromatic carbocycles. The largest absolute Gasteiger partial charge is 0.172 e. The zero-order chi connectivity index (χ0) is 27.9. The third-order valence-electron chi connectivity index (χ3n) is 7.16. The molecule has 4 aromatic heterocycles. The van der Waals surface area contributed by atoms with Gasteiger partial charge in [0.05, 0.1) is 19.3 Å². The molecule has 40 heavy (non-hydrogen) atoms. The van der Waals surface area contributed by atoms with E-state index in [1.165, 1.54) is 112 Å². The van der Waals surface area contributed by atoms with Crippen molar-refractivity contribution < 1.29 is 0 Å². The van der Waals surface area contributed by atoms with E-state index in [-0.39, 0.29) is 0 Å². The van der Waals surface area contributed by atoms with E-state index in [4.69, 9.17) is 8.75 Å². The highest BCUT2D eigenvalue weighted by molar-refractivity contribution is 9.12. The van der Waals surface area contributed by atoms with Gasteiger partial charge in [-0.3, -0.25) is 0 Å². The molecule has 0 aliphatic rings. The fourth-order valence-electron chi connectivity index (χ4n) is 4.95. The SMILES string of the molecule is CCCCCCc1csc(-c2ccc(-c3cc(CCCCCC)c(/C=C/c4cc(Br)sc4Br)s3)c3nsnc23)c1. The Bertz CT molecular complexity index is 1570. The van der Waals surface area contributed by atoms with Gasteiger partial charge in [0.1, 0.15) is 11.0 Å². The number of halogens is 2. The average molecular weight is 735 g/mol. The van der Waals surface area contributed by atoms with Crippen LogP contribution in [0.4, 0.5) is 0 Å². The summed E-state index contributed by atoms with van der Waals surface area (Å²) in [4.78, 5) is 3.92. The van der Waals surface area contributed by atoms with Gasteiger partial charge in [-0.2, -0.15) is 8.75 Å². The number of benzene rings is 1. The molecule has 0 amide bonds. The quantitative estimate of drug-likeness (QED) is 0.106. The Morgan fingerprint density at radius 3 is 2.12 bits per heavy atom. The van der Waals surface area contributed by atoms with Crippen LogP contribution < -0.4 is 0 Å². The van der Waals surface area contributed by atoms with Crippen LogP contribution in [0, 0.1) is 0 Å². The normalized spacial score (nSPS) is 11.9. The van der Waals surface area contributed by atoms with Crippen LogP contribution in [-0.2, 0) is 12.8 Å². The van der Waals surface area contributed by atoms with Crippen molar-refractivity contribution in [1.82, 2.24) is 8.75 Å². The number of rotatable bonds is 14. The van der Waals surface area contributed by atoms with Crippen LogP contribution in [0.15, 0.2) is 43.3 Å². The fourth-order valence-corrected chi connectivity index (χ4v) is 10.4. The second-order valence-corrected chi connectivity index (χ2v) is 16.4. The van der Waals surface area contributed by atoms with Gasteiger partial charge in [-0.05, 0) is 98.3 Å². The van der Waals surface area contributed by atoms with Gasteiger partial charge in [0.25, 0.3) is 0 Å². The van der Waals surface area contributed by atoms with Gasteiger partial charge in [0, 0.05) is 31.3 Å². The summed E-state index contributed by atoms with van der Waals surface area (Å²) >= 11 is 14.1. The van der Waals surface area contributed by atoms with Crippen LogP contribution >= 0.6 is 77.6 Å². The van der Waals surface area contributed by atoms with Crippen molar-refractivity contribution in [2.45, 2.75) is 78.1 Å². The van der Waals surface area contributed by atoms with E-state index < -0.39 is 0 Å². The Balaban J connectivity index is 1.44. The second-order valence-electron chi connectivity index (χ2n) is 10.2. The number of aryl methyl sites for hydroxylation is 2. The molecule has 210 valence electrons. The highest BCUT2D eigenvalue weighted by Crippen LogP contribution is 2.41. The summed E-state index contributed by atoms with van der Waals surface area (Å²) in [6.45, 7) is 4.54. The van der Waals surface area contributed by atoms with Gasteiger partial charge in [0.2, 0.25) is 0 Å². The Labute approximate surface area is 271 Å². The summed E-state index contributed by atoms with van der Waals surface area (Å²) in [5, 5.41) is 2.33. The number of aromatic nitrogens is 2. The Morgan fingerprint density at radius 2 is 1.45 bits per heavy atom. The topological polar surface area (TPSA) is 25.8 Å². The zero-order valence-corrected chi connectivity index (χ0v) is 29.4. The molecule has 0 radical (unpaired) electrons. The maximum atomic E-state index is 4.81. The van der Waals surface area contributed by atoms with Crippen LogP contribution in [0.1, 0.15) is 86.8 Å². The Kier molecular flexibility index (Phi) is 11.2. The molecule has 5 rings (SSSR count). The minimum atomic E-state index is 1.03. The number of unbranched alkanes of at least 4 members (excludes halogenated alkanes) is 6. The van der Waals surface area contributed by atoms with Crippen LogP contribution in [0.2, 0.25) is 0 Å². The molecule has 0 atom stereocenters. The molecule has 2 nitrogen and oxygen atoms in total.